The van der Waals surface area contributed by atoms with Gasteiger partial charge in [0.2, 0.25) is 5.13 Å². The smallest absolute Gasteiger partial charge is 0.208 e. The van der Waals surface area contributed by atoms with E-state index < -0.39 is 0 Å². The molecule has 90 valence electrons. The van der Waals surface area contributed by atoms with Crippen molar-refractivity contribution in [2.24, 2.45) is 0 Å². The van der Waals surface area contributed by atoms with Gasteiger partial charge in [0, 0.05) is 19.0 Å². The molecule has 0 bridgehead atoms. The van der Waals surface area contributed by atoms with Gasteiger partial charge in [-0.25, -0.2) is 0 Å². The molecule has 1 aromatic heterocycles. The van der Waals surface area contributed by atoms with E-state index in [2.05, 4.69) is 10.2 Å². The van der Waals surface area contributed by atoms with Crippen molar-refractivity contribution in [3.63, 3.8) is 0 Å². The molecule has 7 heteroatoms. The van der Waals surface area contributed by atoms with Gasteiger partial charge in [-0.1, -0.05) is 40.8 Å². The number of hydrogen-bond acceptors (Lipinski definition) is 6. The Balaban J connectivity index is 2.22. The summed E-state index contributed by atoms with van der Waals surface area (Å²) in [5, 5.41) is 9.59. The number of halogens is 1. The Bertz CT molecular complexity index is 527. The van der Waals surface area contributed by atoms with Gasteiger partial charge in [-0.15, -0.1) is 10.2 Å². The second-order valence-electron chi connectivity index (χ2n) is 3.50. The fourth-order valence-electron chi connectivity index (χ4n) is 1.12. The van der Waals surface area contributed by atoms with Crippen molar-refractivity contribution in [2.75, 3.05) is 24.7 Å². The molecule has 0 saturated carbocycles. The molecule has 0 aliphatic carbocycles. The second kappa shape index (κ2) is 5.12. The third-order valence-corrected chi connectivity index (χ3v) is 4.54. The van der Waals surface area contributed by atoms with E-state index in [4.69, 9.17) is 17.3 Å². The Morgan fingerprint density at radius 3 is 2.76 bits per heavy atom. The summed E-state index contributed by atoms with van der Waals surface area (Å²) >= 11 is 8.95. The van der Waals surface area contributed by atoms with Crippen molar-refractivity contribution in [2.45, 2.75) is 9.24 Å². The average molecular weight is 287 g/mol. The molecule has 0 spiro atoms. The summed E-state index contributed by atoms with van der Waals surface area (Å²) in [6.07, 6.45) is 0. The highest BCUT2D eigenvalue weighted by Gasteiger charge is 2.10. The van der Waals surface area contributed by atoms with Crippen molar-refractivity contribution in [3.8, 4) is 0 Å². The van der Waals surface area contributed by atoms with Gasteiger partial charge in [0.25, 0.3) is 0 Å². The molecule has 1 heterocycles. The Morgan fingerprint density at radius 2 is 2.12 bits per heavy atom. The van der Waals surface area contributed by atoms with Gasteiger partial charge in [-0.3, -0.25) is 0 Å². The number of para-hydroxylation sites is 1. The summed E-state index contributed by atoms with van der Waals surface area (Å²) in [6, 6.07) is 5.56. The average Bonchev–Trinajstić information content (AvgIpc) is 2.73. The van der Waals surface area contributed by atoms with Crippen LogP contribution in [0.3, 0.4) is 0 Å². The van der Waals surface area contributed by atoms with Gasteiger partial charge in [-0.2, -0.15) is 0 Å². The highest BCUT2D eigenvalue weighted by molar-refractivity contribution is 8.01. The number of nitrogens with two attached hydrogens (primary N) is 1. The van der Waals surface area contributed by atoms with E-state index in [-0.39, 0.29) is 0 Å². The molecule has 0 amide bonds. The van der Waals surface area contributed by atoms with Crippen LogP contribution in [0.25, 0.3) is 0 Å². The van der Waals surface area contributed by atoms with Crippen LogP contribution in [0.4, 0.5) is 10.8 Å². The van der Waals surface area contributed by atoms with E-state index in [0.717, 1.165) is 14.4 Å². The lowest BCUT2D eigenvalue weighted by Crippen LogP contribution is -2.07. The highest BCUT2D eigenvalue weighted by atomic mass is 35.5. The predicted octanol–water partition coefficient (Wildman–Crippen LogP) is 2.99. The van der Waals surface area contributed by atoms with E-state index in [9.17, 15) is 0 Å². The van der Waals surface area contributed by atoms with E-state index in [1.54, 1.807) is 6.07 Å². The van der Waals surface area contributed by atoms with E-state index in [1.807, 2.05) is 31.1 Å². The number of anilines is 2. The Hall–Kier alpha value is -0.980. The summed E-state index contributed by atoms with van der Waals surface area (Å²) in [7, 11) is 3.87. The molecular formula is C10H11ClN4S2. The highest BCUT2D eigenvalue weighted by Crippen LogP contribution is 2.37. The fraction of sp³-hybridized carbons (Fsp3) is 0.200. The number of hydrogen-bond donors (Lipinski definition) is 1. The lowest BCUT2D eigenvalue weighted by molar-refractivity contribution is 0.973. The summed E-state index contributed by atoms with van der Waals surface area (Å²) < 4.78 is 0.850. The first-order chi connectivity index (χ1) is 8.08. The van der Waals surface area contributed by atoms with Crippen molar-refractivity contribution in [1.29, 1.82) is 0 Å². The van der Waals surface area contributed by atoms with Gasteiger partial charge in [0.1, 0.15) is 0 Å². The van der Waals surface area contributed by atoms with Crippen LogP contribution in [0.15, 0.2) is 27.4 Å². The van der Waals surface area contributed by atoms with Gasteiger partial charge in [-0.05, 0) is 12.1 Å². The molecule has 0 aliphatic rings. The lowest BCUT2D eigenvalue weighted by atomic mass is 10.3. The minimum Gasteiger partial charge on any atom is -0.397 e. The number of rotatable bonds is 3. The van der Waals surface area contributed by atoms with Crippen LogP contribution >= 0.6 is 34.7 Å². The van der Waals surface area contributed by atoms with E-state index >= 15 is 0 Å². The number of benzene rings is 1. The predicted molar refractivity (Wildman–Crippen MR) is 74.2 cm³/mol. The number of aromatic nitrogens is 2. The lowest BCUT2D eigenvalue weighted by Gasteiger charge is -2.04. The molecule has 17 heavy (non-hydrogen) atoms. The first kappa shape index (κ1) is 12.5. The normalized spacial score (nSPS) is 10.5. The molecule has 0 saturated heterocycles. The molecule has 2 rings (SSSR count). The van der Waals surface area contributed by atoms with Crippen molar-refractivity contribution >= 4 is 45.5 Å². The number of nitrogens with zero attached hydrogens (tertiary/aromatic N) is 3. The van der Waals surface area contributed by atoms with E-state index in [1.165, 1.54) is 23.1 Å². The summed E-state index contributed by atoms with van der Waals surface area (Å²) in [6.45, 7) is 0. The van der Waals surface area contributed by atoms with Crippen LogP contribution < -0.4 is 10.6 Å². The first-order valence-electron chi connectivity index (χ1n) is 4.80. The fourth-order valence-corrected chi connectivity index (χ4v) is 3.15. The topological polar surface area (TPSA) is 55.0 Å². The molecule has 0 unspecified atom stereocenters. The van der Waals surface area contributed by atoms with Crippen LogP contribution in [-0.4, -0.2) is 24.3 Å². The third kappa shape index (κ3) is 2.83. The zero-order valence-electron chi connectivity index (χ0n) is 9.35. The SMILES string of the molecule is CN(C)c1nnc(Sc2cccc(Cl)c2N)s1. The summed E-state index contributed by atoms with van der Waals surface area (Å²) in [4.78, 5) is 2.82. The van der Waals surface area contributed by atoms with Crippen LogP contribution in [-0.2, 0) is 0 Å². The second-order valence-corrected chi connectivity index (χ2v) is 6.15. The maximum atomic E-state index is 5.96. The van der Waals surface area contributed by atoms with Crippen molar-refractivity contribution in [3.05, 3.63) is 23.2 Å². The van der Waals surface area contributed by atoms with Crippen LogP contribution in [0.2, 0.25) is 5.02 Å². The van der Waals surface area contributed by atoms with Crippen molar-refractivity contribution in [1.82, 2.24) is 10.2 Å². The summed E-state index contributed by atoms with van der Waals surface area (Å²) in [5.74, 6) is 0. The number of nitrogen functional groups attached to an aromatic ring is 1. The van der Waals surface area contributed by atoms with Crippen LogP contribution in [0.5, 0.6) is 0 Å². The van der Waals surface area contributed by atoms with Gasteiger partial charge in [0.15, 0.2) is 4.34 Å². The van der Waals surface area contributed by atoms with Gasteiger partial charge >= 0.3 is 0 Å². The summed E-state index contributed by atoms with van der Waals surface area (Å²) in [5.41, 5.74) is 6.47. The Kier molecular flexibility index (Phi) is 3.76. The monoisotopic (exact) mass is 286 g/mol. The van der Waals surface area contributed by atoms with Crippen molar-refractivity contribution < 1.29 is 0 Å². The molecule has 0 aliphatic heterocycles. The standard InChI is InChI=1S/C10H11ClN4S2/c1-15(2)9-13-14-10(17-9)16-7-5-3-4-6(11)8(7)12/h3-5H,12H2,1-2H3. The maximum absolute atomic E-state index is 5.96. The first-order valence-corrected chi connectivity index (χ1v) is 6.81. The van der Waals surface area contributed by atoms with Gasteiger partial charge in [0.05, 0.1) is 10.7 Å². The van der Waals surface area contributed by atoms with Gasteiger partial charge < -0.3 is 10.6 Å². The molecule has 0 atom stereocenters. The molecule has 2 aromatic rings. The van der Waals surface area contributed by atoms with Crippen LogP contribution in [0.1, 0.15) is 0 Å². The molecule has 1 aromatic carbocycles. The molecule has 2 N–H and O–H groups in total. The molecule has 0 fully saturated rings. The third-order valence-electron chi connectivity index (χ3n) is 1.99. The molecule has 4 nitrogen and oxygen atoms in total. The van der Waals surface area contributed by atoms with E-state index in [0.29, 0.717) is 10.7 Å². The molecule has 0 radical (unpaired) electrons. The molecular weight excluding hydrogens is 276 g/mol. The minimum absolute atomic E-state index is 0.562. The largest absolute Gasteiger partial charge is 0.397 e. The Labute approximate surface area is 113 Å². The minimum atomic E-state index is 0.562. The zero-order chi connectivity index (χ0) is 12.4. The van der Waals surface area contributed by atoms with Crippen LogP contribution in [0, 0.1) is 0 Å². The Morgan fingerprint density at radius 1 is 1.35 bits per heavy atom. The maximum Gasteiger partial charge on any atom is 0.208 e. The zero-order valence-corrected chi connectivity index (χ0v) is 11.7. The quantitative estimate of drug-likeness (QED) is 0.879.